The van der Waals surface area contributed by atoms with Gasteiger partial charge < -0.3 is 10.1 Å². The Morgan fingerprint density at radius 3 is 2.77 bits per heavy atom. The number of hydrogen-bond acceptors (Lipinski definition) is 5. The first kappa shape index (κ1) is 20.4. The Morgan fingerprint density at radius 2 is 1.93 bits per heavy atom. The first-order chi connectivity index (χ1) is 14.7. The lowest BCUT2D eigenvalue weighted by molar-refractivity contribution is 0.0955. The molecule has 0 aliphatic rings. The Labute approximate surface area is 184 Å². The van der Waals surface area contributed by atoms with Gasteiger partial charge >= 0.3 is 0 Å². The molecule has 1 amide bonds. The molecule has 0 aliphatic carbocycles. The van der Waals surface area contributed by atoms with Crippen molar-refractivity contribution in [2.45, 2.75) is 17.1 Å². The number of nitrogens with zero attached hydrogens (tertiary/aromatic N) is 1. The molecule has 0 atom stereocenters. The van der Waals surface area contributed by atoms with Gasteiger partial charge in [0.25, 0.3) is 5.91 Å². The quantitative estimate of drug-likeness (QED) is 0.368. The van der Waals surface area contributed by atoms with E-state index in [1.807, 2.05) is 60.1 Å². The van der Waals surface area contributed by atoms with Crippen molar-refractivity contribution in [3.63, 3.8) is 0 Å². The van der Waals surface area contributed by atoms with Gasteiger partial charge in [-0.2, -0.15) is 0 Å². The zero-order chi connectivity index (χ0) is 20.8. The fourth-order valence-electron chi connectivity index (χ4n) is 3.21. The zero-order valence-electron chi connectivity index (χ0n) is 16.6. The SMILES string of the molecule is COc1ccc(CCNC(=O)c2sccc2SCc2ccnc3ccccc23)cc1. The van der Waals surface area contributed by atoms with Crippen LogP contribution in [0.4, 0.5) is 0 Å². The summed E-state index contributed by atoms with van der Waals surface area (Å²) in [5.41, 5.74) is 3.39. The summed E-state index contributed by atoms with van der Waals surface area (Å²) < 4.78 is 5.18. The third-order valence-corrected chi connectivity index (χ3v) is 6.97. The minimum Gasteiger partial charge on any atom is -0.497 e. The lowest BCUT2D eigenvalue weighted by atomic mass is 10.1. The number of ether oxygens (including phenoxy) is 1. The van der Waals surface area contributed by atoms with Crippen LogP contribution in [-0.4, -0.2) is 24.5 Å². The fraction of sp³-hybridized carbons (Fsp3) is 0.167. The second-order valence-electron chi connectivity index (χ2n) is 6.74. The highest BCUT2D eigenvalue weighted by Gasteiger charge is 2.14. The molecule has 4 rings (SSSR count). The lowest BCUT2D eigenvalue weighted by Crippen LogP contribution is -2.25. The standard InChI is InChI=1S/C24H22N2O2S2/c1-28-19-8-6-17(7-9-19)10-13-26-24(27)23-22(12-15-29-23)30-16-18-11-14-25-21-5-3-2-4-20(18)21/h2-9,11-12,14-15H,10,13,16H2,1H3,(H,26,27). The molecule has 6 heteroatoms. The van der Waals surface area contributed by atoms with Gasteiger partial charge in [-0.05, 0) is 53.3 Å². The predicted octanol–water partition coefficient (Wildman–Crippen LogP) is 5.57. The van der Waals surface area contributed by atoms with Crippen molar-refractivity contribution in [1.82, 2.24) is 10.3 Å². The van der Waals surface area contributed by atoms with Crippen LogP contribution in [0.2, 0.25) is 0 Å². The average Bonchev–Trinajstić information content (AvgIpc) is 3.27. The third-order valence-electron chi connectivity index (χ3n) is 4.82. The molecule has 0 bridgehead atoms. The van der Waals surface area contributed by atoms with E-state index in [0.29, 0.717) is 6.54 Å². The molecule has 0 radical (unpaired) electrons. The Hall–Kier alpha value is -2.83. The number of fused-ring (bicyclic) bond motifs is 1. The summed E-state index contributed by atoms with van der Waals surface area (Å²) >= 11 is 3.18. The molecular weight excluding hydrogens is 412 g/mol. The van der Waals surface area contributed by atoms with Gasteiger partial charge in [-0.3, -0.25) is 9.78 Å². The lowest BCUT2D eigenvalue weighted by Gasteiger charge is -2.08. The van der Waals surface area contributed by atoms with Crippen molar-refractivity contribution in [3.05, 3.63) is 88.2 Å². The number of thioether (sulfide) groups is 1. The molecule has 4 nitrogen and oxygen atoms in total. The van der Waals surface area contributed by atoms with Crippen LogP contribution in [0, 0.1) is 0 Å². The summed E-state index contributed by atoms with van der Waals surface area (Å²) in [6.07, 6.45) is 2.63. The van der Waals surface area contributed by atoms with E-state index in [1.165, 1.54) is 22.5 Å². The highest BCUT2D eigenvalue weighted by atomic mass is 32.2. The summed E-state index contributed by atoms with van der Waals surface area (Å²) in [6.45, 7) is 0.599. The van der Waals surface area contributed by atoms with E-state index in [0.717, 1.165) is 38.6 Å². The number of pyridine rings is 1. The number of benzene rings is 2. The van der Waals surface area contributed by atoms with Crippen LogP contribution < -0.4 is 10.1 Å². The van der Waals surface area contributed by atoms with Crippen molar-refractivity contribution in [2.75, 3.05) is 13.7 Å². The number of thiophene rings is 1. The van der Waals surface area contributed by atoms with Crippen LogP contribution in [0.3, 0.4) is 0 Å². The Balaban J connectivity index is 1.35. The Kier molecular flexibility index (Phi) is 6.67. The number of para-hydroxylation sites is 1. The van der Waals surface area contributed by atoms with Crippen molar-refractivity contribution in [1.29, 1.82) is 0 Å². The molecule has 2 aromatic carbocycles. The van der Waals surface area contributed by atoms with E-state index < -0.39 is 0 Å². The second-order valence-corrected chi connectivity index (χ2v) is 8.68. The Bertz CT molecular complexity index is 1130. The average molecular weight is 435 g/mol. The number of aromatic nitrogens is 1. The molecule has 0 saturated carbocycles. The largest absolute Gasteiger partial charge is 0.497 e. The summed E-state index contributed by atoms with van der Waals surface area (Å²) in [5, 5.41) is 6.19. The van der Waals surface area contributed by atoms with Crippen molar-refractivity contribution < 1.29 is 9.53 Å². The number of nitrogens with one attached hydrogen (secondary N) is 1. The first-order valence-corrected chi connectivity index (χ1v) is 11.5. The van der Waals surface area contributed by atoms with E-state index in [2.05, 4.69) is 22.4 Å². The van der Waals surface area contributed by atoms with E-state index in [-0.39, 0.29) is 5.91 Å². The molecule has 30 heavy (non-hydrogen) atoms. The smallest absolute Gasteiger partial charge is 0.262 e. The summed E-state index contributed by atoms with van der Waals surface area (Å²) in [7, 11) is 1.66. The number of carbonyl (C=O) groups is 1. The van der Waals surface area contributed by atoms with Crippen molar-refractivity contribution in [3.8, 4) is 5.75 Å². The van der Waals surface area contributed by atoms with Crippen LogP contribution in [0.15, 0.2) is 77.1 Å². The van der Waals surface area contributed by atoms with Crippen LogP contribution in [0.5, 0.6) is 5.75 Å². The van der Waals surface area contributed by atoms with E-state index >= 15 is 0 Å². The molecule has 0 spiro atoms. The molecule has 1 N–H and O–H groups in total. The maximum absolute atomic E-state index is 12.7. The molecular formula is C24H22N2O2S2. The van der Waals surface area contributed by atoms with Gasteiger partial charge in [0.05, 0.1) is 12.6 Å². The Morgan fingerprint density at radius 1 is 1.10 bits per heavy atom. The number of amides is 1. The van der Waals surface area contributed by atoms with Crippen LogP contribution in [0.25, 0.3) is 10.9 Å². The van der Waals surface area contributed by atoms with E-state index in [4.69, 9.17) is 4.74 Å². The number of carbonyl (C=O) groups excluding carboxylic acids is 1. The minimum atomic E-state index is -0.0133. The molecule has 0 fully saturated rings. The van der Waals surface area contributed by atoms with Gasteiger partial charge in [0.1, 0.15) is 10.6 Å². The maximum Gasteiger partial charge on any atom is 0.262 e. The highest BCUT2D eigenvalue weighted by molar-refractivity contribution is 7.98. The highest BCUT2D eigenvalue weighted by Crippen LogP contribution is 2.31. The van der Waals surface area contributed by atoms with Gasteiger partial charge in [-0.25, -0.2) is 0 Å². The van der Waals surface area contributed by atoms with Gasteiger partial charge in [-0.1, -0.05) is 30.3 Å². The predicted molar refractivity (Wildman–Crippen MR) is 125 cm³/mol. The van der Waals surface area contributed by atoms with Gasteiger partial charge in [0.2, 0.25) is 0 Å². The van der Waals surface area contributed by atoms with Gasteiger partial charge in [-0.15, -0.1) is 23.1 Å². The van der Waals surface area contributed by atoms with Crippen LogP contribution in [-0.2, 0) is 12.2 Å². The van der Waals surface area contributed by atoms with Crippen LogP contribution in [0.1, 0.15) is 20.8 Å². The van der Waals surface area contributed by atoms with Gasteiger partial charge in [0, 0.05) is 28.8 Å². The molecule has 4 aromatic rings. The number of hydrogen-bond donors (Lipinski definition) is 1. The summed E-state index contributed by atoms with van der Waals surface area (Å²) in [4.78, 5) is 18.9. The number of rotatable bonds is 8. The van der Waals surface area contributed by atoms with Gasteiger partial charge in [0.15, 0.2) is 0 Å². The minimum absolute atomic E-state index is 0.0133. The summed E-state index contributed by atoms with van der Waals surface area (Å²) in [6, 6.07) is 20.2. The third kappa shape index (κ3) is 4.83. The molecule has 2 aromatic heterocycles. The van der Waals surface area contributed by atoms with Crippen molar-refractivity contribution >= 4 is 39.9 Å². The van der Waals surface area contributed by atoms with E-state index in [1.54, 1.807) is 18.9 Å². The zero-order valence-corrected chi connectivity index (χ0v) is 18.3. The molecule has 0 saturated heterocycles. The normalized spacial score (nSPS) is 10.8. The van der Waals surface area contributed by atoms with Crippen molar-refractivity contribution in [2.24, 2.45) is 0 Å². The molecule has 0 aliphatic heterocycles. The topological polar surface area (TPSA) is 51.2 Å². The maximum atomic E-state index is 12.7. The summed E-state index contributed by atoms with van der Waals surface area (Å²) in [5.74, 6) is 1.62. The second kappa shape index (κ2) is 9.78. The first-order valence-electron chi connectivity index (χ1n) is 9.68. The molecule has 152 valence electrons. The molecule has 2 heterocycles. The van der Waals surface area contributed by atoms with E-state index in [9.17, 15) is 4.79 Å². The fourth-order valence-corrected chi connectivity index (χ4v) is 5.27. The molecule has 0 unspecified atom stereocenters. The monoisotopic (exact) mass is 434 g/mol. The van der Waals surface area contributed by atoms with Crippen LogP contribution >= 0.6 is 23.1 Å². The number of methoxy groups -OCH3 is 1.